The van der Waals surface area contributed by atoms with Crippen molar-refractivity contribution in [1.29, 1.82) is 0 Å². The highest BCUT2D eigenvalue weighted by atomic mass is 16.2. The molecule has 7 rings (SSSR count). The van der Waals surface area contributed by atoms with E-state index in [1.54, 1.807) is 0 Å². The first kappa shape index (κ1) is 18.1. The van der Waals surface area contributed by atoms with Crippen molar-refractivity contribution in [3.63, 3.8) is 0 Å². The van der Waals surface area contributed by atoms with Crippen LogP contribution in [0.4, 0.5) is 0 Å². The van der Waals surface area contributed by atoms with Crippen LogP contribution in [0.1, 0.15) is 39.7 Å². The summed E-state index contributed by atoms with van der Waals surface area (Å²) in [5, 5.41) is 0.984. The first-order chi connectivity index (χ1) is 15.1. The van der Waals surface area contributed by atoms with Crippen LogP contribution in [-0.4, -0.2) is 22.7 Å². The van der Waals surface area contributed by atoms with Crippen LogP contribution in [0.2, 0.25) is 0 Å². The van der Waals surface area contributed by atoms with Gasteiger partial charge in [-0.1, -0.05) is 78.9 Å². The van der Waals surface area contributed by atoms with Gasteiger partial charge in [0.15, 0.2) is 0 Å². The van der Waals surface area contributed by atoms with E-state index in [0.717, 1.165) is 32.8 Å². The first-order valence-corrected chi connectivity index (χ1v) is 10.5. The molecular formula is C26H20N2O3. The molecule has 1 N–H and O–H groups in total. The summed E-state index contributed by atoms with van der Waals surface area (Å²) in [6.45, 7) is 0. The summed E-state index contributed by atoms with van der Waals surface area (Å²) in [4.78, 5) is 39.5. The fraction of sp³-hybridized carbons (Fsp3) is 0.192. The summed E-state index contributed by atoms with van der Waals surface area (Å²) in [6.07, 6.45) is 0.112. The van der Waals surface area contributed by atoms with E-state index < -0.39 is 11.8 Å². The minimum absolute atomic E-state index is 0.112. The predicted octanol–water partition coefficient (Wildman–Crippen LogP) is 3.15. The Balaban J connectivity index is 1.37. The summed E-state index contributed by atoms with van der Waals surface area (Å²) in [5.41, 5.74) is 7.90. The van der Waals surface area contributed by atoms with Crippen molar-refractivity contribution < 1.29 is 14.4 Å². The molecule has 2 atom stereocenters. The van der Waals surface area contributed by atoms with E-state index in [0.29, 0.717) is 0 Å². The number of hydrogen-bond donors (Lipinski definition) is 1. The molecule has 31 heavy (non-hydrogen) atoms. The van der Waals surface area contributed by atoms with Crippen LogP contribution in [0, 0.1) is 11.8 Å². The van der Waals surface area contributed by atoms with Crippen LogP contribution >= 0.6 is 0 Å². The van der Waals surface area contributed by atoms with Crippen molar-refractivity contribution in [2.24, 2.45) is 11.8 Å². The molecule has 3 aromatic carbocycles. The van der Waals surface area contributed by atoms with Crippen LogP contribution in [0.15, 0.2) is 78.9 Å². The highest BCUT2D eigenvalue weighted by Crippen LogP contribution is 2.60. The largest absolute Gasteiger partial charge is 0.273 e. The monoisotopic (exact) mass is 408 g/mol. The lowest BCUT2D eigenvalue weighted by molar-refractivity contribution is -0.149. The normalized spacial score (nSPS) is 25.1. The molecule has 2 bridgehead atoms. The second-order valence-corrected chi connectivity index (χ2v) is 8.47. The Labute approximate surface area is 179 Å². The molecule has 0 radical (unpaired) electrons. The number of hydrogen-bond acceptors (Lipinski definition) is 3. The van der Waals surface area contributed by atoms with E-state index in [1.165, 1.54) is 0 Å². The fourth-order valence-electron chi connectivity index (χ4n) is 5.73. The van der Waals surface area contributed by atoms with Crippen molar-refractivity contribution in [2.75, 3.05) is 0 Å². The number of rotatable bonds is 3. The third-order valence-corrected chi connectivity index (χ3v) is 6.89. The summed E-state index contributed by atoms with van der Waals surface area (Å²) < 4.78 is 0. The van der Waals surface area contributed by atoms with Crippen LogP contribution in [0.5, 0.6) is 0 Å². The maximum absolute atomic E-state index is 13.4. The van der Waals surface area contributed by atoms with Gasteiger partial charge in [0.25, 0.3) is 11.8 Å². The highest BCUT2D eigenvalue weighted by Gasteiger charge is 2.61. The summed E-state index contributed by atoms with van der Waals surface area (Å²) in [7, 11) is 0. The Bertz CT molecular complexity index is 1120. The van der Waals surface area contributed by atoms with Gasteiger partial charge in [0.1, 0.15) is 0 Å². The molecule has 4 aliphatic rings. The van der Waals surface area contributed by atoms with E-state index in [4.69, 9.17) is 0 Å². The van der Waals surface area contributed by atoms with Gasteiger partial charge < -0.3 is 0 Å². The molecule has 1 fully saturated rings. The molecule has 3 amide bonds. The molecule has 2 unspecified atom stereocenters. The lowest BCUT2D eigenvalue weighted by Crippen LogP contribution is -2.47. The Hall–Kier alpha value is -3.73. The van der Waals surface area contributed by atoms with E-state index in [1.807, 2.05) is 54.6 Å². The van der Waals surface area contributed by atoms with Crippen molar-refractivity contribution in [3.05, 3.63) is 107 Å². The molecule has 1 aliphatic heterocycles. The maximum atomic E-state index is 13.4. The Kier molecular flexibility index (Phi) is 3.87. The third-order valence-electron chi connectivity index (χ3n) is 6.89. The molecule has 3 aliphatic carbocycles. The predicted molar refractivity (Wildman–Crippen MR) is 114 cm³/mol. The van der Waals surface area contributed by atoms with Gasteiger partial charge in [-0.05, 0) is 27.8 Å². The van der Waals surface area contributed by atoms with Gasteiger partial charge in [0.2, 0.25) is 5.91 Å². The van der Waals surface area contributed by atoms with E-state index >= 15 is 0 Å². The van der Waals surface area contributed by atoms with E-state index in [-0.39, 0.29) is 36.0 Å². The molecule has 0 aromatic heterocycles. The van der Waals surface area contributed by atoms with Crippen LogP contribution < -0.4 is 5.43 Å². The second-order valence-electron chi connectivity index (χ2n) is 8.47. The number of nitrogens with zero attached hydrogens (tertiary/aromatic N) is 1. The molecular weight excluding hydrogens is 388 g/mol. The quantitative estimate of drug-likeness (QED) is 0.677. The maximum Gasteiger partial charge on any atom is 0.253 e. The van der Waals surface area contributed by atoms with Gasteiger partial charge in [-0.3, -0.25) is 19.8 Å². The molecule has 5 heteroatoms. The number of imide groups is 1. The highest BCUT2D eigenvalue weighted by molar-refractivity contribution is 6.08. The molecule has 5 nitrogen and oxygen atoms in total. The van der Waals surface area contributed by atoms with E-state index in [2.05, 4.69) is 29.7 Å². The van der Waals surface area contributed by atoms with Crippen LogP contribution in [0.25, 0.3) is 0 Å². The van der Waals surface area contributed by atoms with Gasteiger partial charge >= 0.3 is 0 Å². The van der Waals surface area contributed by atoms with Gasteiger partial charge in [-0.25, -0.2) is 0 Å². The van der Waals surface area contributed by atoms with Gasteiger partial charge in [0.05, 0.1) is 18.3 Å². The molecule has 1 saturated heterocycles. The number of carbonyl (C=O) groups excluding carboxylic acids is 3. The first-order valence-electron chi connectivity index (χ1n) is 10.5. The standard InChI is InChI=1S/C26H20N2O3/c29-20(14-15-8-2-1-3-9-15)27-28-25(30)23-21-16-10-4-5-11-17(16)22(24(23)26(28)31)19-13-7-6-12-18(19)21/h1-13,21-24H,14H2,(H,27,29). The third kappa shape index (κ3) is 2.53. The zero-order valence-corrected chi connectivity index (χ0v) is 16.7. The molecule has 0 spiro atoms. The second kappa shape index (κ2) is 6.64. The minimum atomic E-state index is -0.487. The Morgan fingerprint density at radius 3 is 1.55 bits per heavy atom. The fourth-order valence-corrected chi connectivity index (χ4v) is 5.73. The zero-order valence-electron chi connectivity index (χ0n) is 16.7. The number of hydrazine groups is 1. The number of nitrogens with one attached hydrogen (secondary N) is 1. The van der Waals surface area contributed by atoms with Crippen LogP contribution in [0.3, 0.4) is 0 Å². The summed E-state index contributed by atoms with van der Waals surface area (Å²) in [6, 6.07) is 25.5. The van der Waals surface area contributed by atoms with Gasteiger partial charge in [-0.15, -0.1) is 0 Å². The molecule has 0 saturated carbocycles. The van der Waals surface area contributed by atoms with Crippen LogP contribution in [-0.2, 0) is 20.8 Å². The number of carbonyl (C=O) groups is 3. The lowest BCUT2D eigenvalue weighted by atomic mass is 9.55. The Morgan fingerprint density at radius 1 is 0.677 bits per heavy atom. The number of amides is 3. The molecule has 3 aromatic rings. The summed E-state index contributed by atoms with van der Waals surface area (Å²) >= 11 is 0. The zero-order chi connectivity index (χ0) is 21.1. The van der Waals surface area contributed by atoms with Gasteiger partial charge in [0, 0.05) is 11.8 Å². The topological polar surface area (TPSA) is 66.5 Å². The minimum Gasteiger partial charge on any atom is -0.273 e. The molecule has 152 valence electrons. The van der Waals surface area contributed by atoms with Gasteiger partial charge in [-0.2, -0.15) is 5.01 Å². The average molecular weight is 408 g/mol. The van der Waals surface area contributed by atoms with Crippen molar-refractivity contribution in [1.82, 2.24) is 10.4 Å². The lowest BCUT2D eigenvalue weighted by Gasteiger charge is -2.45. The smallest absolute Gasteiger partial charge is 0.253 e. The van der Waals surface area contributed by atoms with Crippen molar-refractivity contribution in [3.8, 4) is 0 Å². The van der Waals surface area contributed by atoms with Crippen molar-refractivity contribution in [2.45, 2.75) is 18.3 Å². The Morgan fingerprint density at radius 2 is 1.10 bits per heavy atom. The summed E-state index contributed by atoms with van der Waals surface area (Å²) in [5.74, 6) is -2.30. The molecule has 1 heterocycles. The average Bonchev–Trinajstić information content (AvgIpc) is 3.05. The number of benzene rings is 3. The van der Waals surface area contributed by atoms with Crippen molar-refractivity contribution >= 4 is 17.7 Å². The van der Waals surface area contributed by atoms with E-state index in [9.17, 15) is 14.4 Å². The SMILES string of the molecule is O=C(Cc1ccccc1)NN1C(=O)C2C3c4ccccc4C(c4ccccc43)C2C1=O.